The van der Waals surface area contributed by atoms with Crippen molar-refractivity contribution in [3.63, 3.8) is 0 Å². The van der Waals surface area contributed by atoms with Crippen molar-refractivity contribution in [3.8, 4) is 0 Å². The van der Waals surface area contributed by atoms with Crippen molar-refractivity contribution >= 4 is 9.84 Å². The highest BCUT2D eigenvalue weighted by Crippen LogP contribution is 2.11. The quantitative estimate of drug-likeness (QED) is 0.490. The normalized spacial score (nSPS) is 11.9. The predicted octanol–water partition coefficient (Wildman–Crippen LogP) is 4.34. The summed E-state index contributed by atoms with van der Waals surface area (Å²) in [7, 11) is -2.73. The summed E-state index contributed by atoms with van der Waals surface area (Å²) in [6.45, 7) is 2.25. The van der Waals surface area contributed by atoms with Gasteiger partial charge >= 0.3 is 0 Å². The highest BCUT2D eigenvalue weighted by atomic mass is 32.2. The van der Waals surface area contributed by atoms with E-state index in [0.717, 1.165) is 12.8 Å². The molecule has 17 heavy (non-hydrogen) atoms. The average molecular weight is 262 g/mol. The zero-order valence-corrected chi connectivity index (χ0v) is 12.5. The second-order valence-corrected chi connectivity index (χ2v) is 7.43. The third kappa shape index (κ3) is 15.9. The SMILES string of the molecule is CCCCCCCCCCCCCS(C)(=O)=O. The Bertz CT molecular complexity index is 245. The minimum atomic E-state index is -2.73. The van der Waals surface area contributed by atoms with E-state index in [1.54, 1.807) is 0 Å². The van der Waals surface area contributed by atoms with Gasteiger partial charge in [0, 0.05) is 12.0 Å². The molecule has 0 fully saturated rings. The summed E-state index contributed by atoms with van der Waals surface area (Å²) in [5, 5.41) is 0. The molecule has 0 atom stereocenters. The first kappa shape index (κ1) is 16.9. The van der Waals surface area contributed by atoms with Crippen molar-refractivity contribution in [3.05, 3.63) is 0 Å². The van der Waals surface area contributed by atoms with E-state index >= 15 is 0 Å². The molecule has 0 N–H and O–H groups in total. The van der Waals surface area contributed by atoms with Crippen LogP contribution in [0.1, 0.15) is 77.6 Å². The molecule has 0 rings (SSSR count). The van der Waals surface area contributed by atoms with E-state index in [0.29, 0.717) is 5.75 Å². The van der Waals surface area contributed by atoms with Crippen molar-refractivity contribution in [2.24, 2.45) is 0 Å². The van der Waals surface area contributed by atoms with Crippen LogP contribution >= 0.6 is 0 Å². The lowest BCUT2D eigenvalue weighted by molar-refractivity contribution is 0.552. The zero-order valence-electron chi connectivity index (χ0n) is 11.7. The van der Waals surface area contributed by atoms with Gasteiger partial charge in [-0.05, 0) is 6.42 Å². The molecule has 0 aromatic heterocycles. The first-order chi connectivity index (χ1) is 8.06. The number of unbranched alkanes of at least 4 members (excludes halogenated alkanes) is 10. The van der Waals surface area contributed by atoms with Gasteiger partial charge in [-0.2, -0.15) is 0 Å². The van der Waals surface area contributed by atoms with Crippen molar-refractivity contribution in [1.82, 2.24) is 0 Å². The molecule has 0 aromatic rings. The second kappa shape index (κ2) is 11.1. The topological polar surface area (TPSA) is 34.1 Å². The Kier molecular flexibility index (Phi) is 11.0. The van der Waals surface area contributed by atoms with Crippen LogP contribution in [-0.2, 0) is 9.84 Å². The average Bonchev–Trinajstić information content (AvgIpc) is 2.24. The Labute approximate surface area is 108 Å². The molecule has 0 unspecified atom stereocenters. The van der Waals surface area contributed by atoms with Gasteiger partial charge in [-0.3, -0.25) is 0 Å². The van der Waals surface area contributed by atoms with Gasteiger partial charge in [0.15, 0.2) is 0 Å². The van der Waals surface area contributed by atoms with Crippen LogP contribution in [-0.4, -0.2) is 20.4 Å². The fourth-order valence-electron chi connectivity index (χ4n) is 2.03. The third-order valence-corrected chi connectivity index (χ3v) is 4.15. The third-order valence-electron chi connectivity index (χ3n) is 3.12. The summed E-state index contributed by atoms with van der Waals surface area (Å²) in [5.74, 6) is 0.365. The van der Waals surface area contributed by atoms with Crippen molar-refractivity contribution in [1.29, 1.82) is 0 Å². The highest BCUT2D eigenvalue weighted by Gasteiger charge is 2.00. The number of hydrogen-bond donors (Lipinski definition) is 0. The van der Waals surface area contributed by atoms with Gasteiger partial charge in [-0.1, -0.05) is 71.1 Å². The predicted molar refractivity (Wildman–Crippen MR) is 76.2 cm³/mol. The highest BCUT2D eigenvalue weighted by molar-refractivity contribution is 7.90. The molecule has 0 heterocycles. The van der Waals surface area contributed by atoms with Crippen LogP contribution in [0, 0.1) is 0 Å². The molecule has 0 saturated carbocycles. The molecule has 0 saturated heterocycles. The monoisotopic (exact) mass is 262 g/mol. The van der Waals surface area contributed by atoms with Gasteiger partial charge in [0.2, 0.25) is 0 Å². The van der Waals surface area contributed by atoms with E-state index in [1.165, 1.54) is 64.0 Å². The molecule has 0 aliphatic rings. The van der Waals surface area contributed by atoms with Gasteiger partial charge in [-0.15, -0.1) is 0 Å². The van der Waals surface area contributed by atoms with Crippen LogP contribution < -0.4 is 0 Å². The molecule has 0 bridgehead atoms. The Morgan fingerprint density at radius 2 is 1.00 bits per heavy atom. The molecule has 0 spiro atoms. The summed E-state index contributed by atoms with van der Waals surface area (Å²) in [4.78, 5) is 0. The van der Waals surface area contributed by atoms with Crippen LogP contribution in [0.25, 0.3) is 0 Å². The molecular weight excluding hydrogens is 232 g/mol. The molecule has 0 aromatic carbocycles. The van der Waals surface area contributed by atoms with Crippen LogP contribution in [0.2, 0.25) is 0 Å². The molecule has 0 aliphatic heterocycles. The molecule has 0 amide bonds. The standard InChI is InChI=1S/C14H30O2S/c1-3-4-5-6-7-8-9-10-11-12-13-14-17(2,15)16/h3-14H2,1-2H3. The number of hydrogen-bond acceptors (Lipinski definition) is 2. The Balaban J connectivity index is 3.04. The lowest BCUT2D eigenvalue weighted by atomic mass is 10.1. The second-order valence-electron chi connectivity index (χ2n) is 5.17. The maximum absolute atomic E-state index is 10.9. The smallest absolute Gasteiger partial charge is 0.147 e. The van der Waals surface area contributed by atoms with Crippen molar-refractivity contribution in [2.75, 3.05) is 12.0 Å². The van der Waals surface area contributed by atoms with E-state index in [9.17, 15) is 8.42 Å². The summed E-state index contributed by atoms with van der Waals surface area (Å²) in [5.41, 5.74) is 0. The molecule has 2 nitrogen and oxygen atoms in total. The van der Waals surface area contributed by atoms with Crippen LogP contribution in [0.15, 0.2) is 0 Å². The minimum Gasteiger partial charge on any atom is -0.229 e. The summed E-state index contributed by atoms with van der Waals surface area (Å²) < 4.78 is 21.8. The molecule has 0 aliphatic carbocycles. The van der Waals surface area contributed by atoms with Gasteiger partial charge in [0.05, 0.1) is 0 Å². The van der Waals surface area contributed by atoms with Gasteiger partial charge in [0.1, 0.15) is 9.84 Å². The lowest BCUT2D eigenvalue weighted by Crippen LogP contribution is -2.02. The Hall–Kier alpha value is -0.0500. The maximum Gasteiger partial charge on any atom is 0.147 e. The van der Waals surface area contributed by atoms with Crippen molar-refractivity contribution in [2.45, 2.75) is 77.6 Å². The first-order valence-electron chi connectivity index (χ1n) is 7.24. The first-order valence-corrected chi connectivity index (χ1v) is 9.30. The molecular formula is C14H30O2S. The zero-order chi connectivity index (χ0) is 13.0. The van der Waals surface area contributed by atoms with Crippen LogP contribution in [0.5, 0.6) is 0 Å². The van der Waals surface area contributed by atoms with E-state index in [4.69, 9.17) is 0 Å². The van der Waals surface area contributed by atoms with E-state index < -0.39 is 9.84 Å². The Morgan fingerprint density at radius 3 is 1.35 bits per heavy atom. The van der Waals surface area contributed by atoms with E-state index in [2.05, 4.69) is 6.92 Å². The summed E-state index contributed by atoms with van der Waals surface area (Å²) in [6, 6.07) is 0. The fraction of sp³-hybridized carbons (Fsp3) is 1.00. The van der Waals surface area contributed by atoms with Crippen molar-refractivity contribution < 1.29 is 8.42 Å². The number of rotatable bonds is 12. The number of sulfone groups is 1. The molecule has 0 radical (unpaired) electrons. The fourth-order valence-corrected chi connectivity index (χ4v) is 2.76. The molecule has 104 valence electrons. The van der Waals surface area contributed by atoms with Gasteiger partial charge in [-0.25, -0.2) is 8.42 Å². The summed E-state index contributed by atoms with van der Waals surface area (Å²) in [6.07, 6.45) is 15.3. The van der Waals surface area contributed by atoms with Crippen LogP contribution in [0.4, 0.5) is 0 Å². The maximum atomic E-state index is 10.9. The van der Waals surface area contributed by atoms with Gasteiger partial charge < -0.3 is 0 Å². The lowest BCUT2D eigenvalue weighted by Gasteiger charge is -2.02. The van der Waals surface area contributed by atoms with Crippen LogP contribution in [0.3, 0.4) is 0 Å². The molecule has 3 heteroatoms. The Morgan fingerprint density at radius 1 is 0.647 bits per heavy atom. The summed E-state index contributed by atoms with van der Waals surface area (Å²) >= 11 is 0. The van der Waals surface area contributed by atoms with E-state index in [-0.39, 0.29) is 0 Å². The van der Waals surface area contributed by atoms with E-state index in [1.807, 2.05) is 0 Å². The van der Waals surface area contributed by atoms with Gasteiger partial charge in [0.25, 0.3) is 0 Å². The largest absolute Gasteiger partial charge is 0.229 e. The minimum absolute atomic E-state index is 0.365.